The molecule has 0 atom stereocenters. The van der Waals surface area contributed by atoms with Gasteiger partial charge in [-0.1, -0.05) is 12.1 Å². The number of hydrogen-bond acceptors (Lipinski definition) is 2. The van der Waals surface area contributed by atoms with E-state index in [2.05, 4.69) is 0 Å². The number of benzene rings is 1. The van der Waals surface area contributed by atoms with E-state index in [0.717, 1.165) is 16.8 Å². The molecule has 0 aliphatic carbocycles. The van der Waals surface area contributed by atoms with E-state index in [0.29, 0.717) is 6.42 Å². The summed E-state index contributed by atoms with van der Waals surface area (Å²) in [6.07, 6.45) is 0.483. The summed E-state index contributed by atoms with van der Waals surface area (Å²) in [4.78, 5) is 10.8. The van der Waals surface area contributed by atoms with Crippen LogP contribution >= 0.6 is 0 Å². The predicted molar refractivity (Wildman–Crippen MR) is 50.0 cm³/mol. The van der Waals surface area contributed by atoms with Crippen LogP contribution in [0, 0.1) is 6.92 Å². The molecule has 1 rings (SSSR count). The molecule has 0 amide bonds. The fourth-order valence-electron chi connectivity index (χ4n) is 1.16. The van der Waals surface area contributed by atoms with Crippen LogP contribution in [0.1, 0.15) is 18.1 Å². The molecular formula is C10H13NO. The SMILES string of the molecule is CC(=O)Cc1cccc(N)c1C. The molecular weight excluding hydrogens is 150 g/mol. The Morgan fingerprint density at radius 1 is 1.50 bits per heavy atom. The fraction of sp³-hybridized carbons (Fsp3) is 0.300. The van der Waals surface area contributed by atoms with Crippen molar-refractivity contribution in [3.63, 3.8) is 0 Å². The number of anilines is 1. The molecule has 12 heavy (non-hydrogen) atoms. The van der Waals surface area contributed by atoms with Gasteiger partial charge in [-0.25, -0.2) is 0 Å². The Balaban J connectivity index is 3.00. The van der Waals surface area contributed by atoms with E-state index in [1.807, 2.05) is 25.1 Å². The van der Waals surface area contributed by atoms with Gasteiger partial charge in [-0.05, 0) is 31.0 Å². The van der Waals surface area contributed by atoms with E-state index in [9.17, 15) is 4.79 Å². The van der Waals surface area contributed by atoms with Gasteiger partial charge in [0.05, 0.1) is 0 Å². The zero-order chi connectivity index (χ0) is 9.14. The minimum absolute atomic E-state index is 0.170. The van der Waals surface area contributed by atoms with Gasteiger partial charge >= 0.3 is 0 Å². The van der Waals surface area contributed by atoms with Gasteiger partial charge in [0.2, 0.25) is 0 Å². The van der Waals surface area contributed by atoms with Gasteiger partial charge in [0.15, 0.2) is 0 Å². The lowest BCUT2D eigenvalue weighted by Crippen LogP contribution is -2.00. The van der Waals surface area contributed by atoms with Crippen molar-refractivity contribution in [2.24, 2.45) is 0 Å². The van der Waals surface area contributed by atoms with E-state index >= 15 is 0 Å². The van der Waals surface area contributed by atoms with Crippen molar-refractivity contribution in [3.05, 3.63) is 29.3 Å². The Hall–Kier alpha value is -1.31. The lowest BCUT2D eigenvalue weighted by Gasteiger charge is -2.05. The Labute approximate surface area is 72.4 Å². The summed E-state index contributed by atoms with van der Waals surface area (Å²) in [7, 11) is 0. The van der Waals surface area contributed by atoms with Gasteiger partial charge in [0, 0.05) is 12.1 Å². The number of carbonyl (C=O) groups is 1. The second-order valence-corrected chi connectivity index (χ2v) is 3.01. The minimum Gasteiger partial charge on any atom is -0.399 e. The zero-order valence-electron chi connectivity index (χ0n) is 7.42. The van der Waals surface area contributed by atoms with Crippen LogP contribution in [0.4, 0.5) is 5.69 Å². The molecule has 0 aliphatic heterocycles. The average molecular weight is 163 g/mol. The summed E-state index contributed by atoms with van der Waals surface area (Å²) in [5, 5.41) is 0. The van der Waals surface area contributed by atoms with Crippen LogP contribution in [0.25, 0.3) is 0 Å². The second-order valence-electron chi connectivity index (χ2n) is 3.01. The summed E-state index contributed by atoms with van der Waals surface area (Å²) >= 11 is 0. The van der Waals surface area contributed by atoms with E-state index in [-0.39, 0.29) is 5.78 Å². The molecule has 64 valence electrons. The van der Waals surface area contributed by atoms with Crippen LogP contribution in [0.3, 0.4) is 0 Å². The molecule has 0 bridgehead atoms. The van der Waals surface area contributed by atoms with Crippen LogP contribution in [0.5, 0.6) is 0 Å². The third-order valence-corrected chi connectivity index (χ3v) is 1.93. The van der Waals surface area contributed by atoms with E-state index < -0.39 is 0 Å². The quantitative estimate of drug-likeness (QED) is 0.674. The van der Waals surface area contributed by atoms with Crippen molar-refractivity contribution >= 4 is 11.5 Å². The maximum Gasteiger partial charge on any atom is 0.134 e. The van der Waals surface area contributed by atoms with Gasteiger partial charge in [-0.3, -0.25) is 4.79 Å². The zero-order valence-corrected chi connectivity index (χ0v) is 7.42. The largest absolute Gasteiger partial charge is 0.399 e. The van der Waals surface area contributed by atoms with Crippen LogP contribution < -0.4 is 5.73 Å². The van der Waals surface area contributed by atoms with E-state index in [4.69, 9.17) is 5.73 Å². The number of rotatable bonds is 2. The van der Waals surface area contributed by atoms with Crippen molar-refractivity contribution < 1.29 is 4.79 Å². The van der Waals surface area contributed by atoms with E-state index in [1.165, 1.54) is 0 Å². The molecule has 2 nitrogen and oxygen atoms in total. The van der Waals surface area contributed by atoms with Gasteiger partial charge in [0.25, 0.3) is 0 Å². The molecule has 0 saturated heterocycles. The second kappa shape index (κ2) is 3.39. The van der Waals surface area contributed by atoms with Crippen LogP contribution in [0.2, 0.25) is 0 Å². The summed E-state index contributed by atoms with van der Waals surface area (Å²) in [6.45, 7) is 3.52. The van der Waals surface area contributed by atoms with Crippen molar-refractivity contribution in [2.75, 3.05) is 5.73 Å². The molecule has 0 unspecified atom stereocenters. The van der Waals surface area contributed by atoms with E-state index in [1.54, 1.807) is 6.92 Å². The first-order valence-corrected chi connectivity index (χ1v) is 3.94. The summed E-state index contributed by atoms with van der Waals surface area (Å²) in [6, 6.07) is 5.66. The molecule has 2 heteroatoms. The molecule has 0 saturated carbocycles. The normalized spacial score (nSPS) is 9.83. The van der Waals surface area contributed by atoms with Gasteiger partial charge < -0.3 is 5.73 Å². The first-order valence-electron chi connectivity index (χ1n) is 3.94. The Morgan fingerprint density at radius 2 is 2.17 bits per heavy atom. The van der Waals surface area contributed by atoms with Crippen LogP contribution in [-0.4, -0.2) is 5.78 Å². The predicted octanol–water partition coefficient (Wildman–Crippen LogP) is 1.71. The molecule has 1 aromatic carbocycles. The Morgan fingerprint density at radius 3 is 2.75 bits per heavy atom. The van der Waals surface area contributed by atoms with Crippen molar-refractivity contribution in [2.45, 2.75) is 20.3 Å². The standard InChI is InChI=1S/C10H13NO/c1-7(12)6-9-4-3-5-10(11)8(9)2/h3-5H,6,11H2,1-2H3. The summed E-state index contributed by atoms with van der Waals surface area (Å²) in [5.41, 5.74) is 8.49. The molecule has 0 heterocycles. The first-order chi connectivity index (χ1) is 5.61. The highest BCUT2D eigenvalue weighted by molar-refractivity contribution is 5.79. The highest BCUT2D eigenvalue weighted by atomic mass is 16.1. The first kappa shape index (κ1) is 8.78. The lowest BCUT2D eigenvalue weighted by molar-refractivity contribution is -0.116. The van der Waals surface area contributed by atoms with Crippen LogP contribution in [0.15, 0.2) is 18.2 Å². The molecule has 2 N–H and O–H groups in total. The van der Waals surface area contributed by atoms with Gasteiger partial charge in [-0.2, -0.15) is 0 Å². The lowest BCUT2D eigenvalue weighted by atomic mass is 10.0. The number of nitrogens with two attached hydrogens (primary N) is 1. The number of ketones is 1. The average Bonchev–Trinajstić information content (AvgIpc) is 1.98. The van der Waals surface area contributed by atoms with Gasteiger partial charge in [-0.15, -0.1) is 0 Å². The monoisotopic (exact) mass is 163 g/mol. The highest BCUT2D eigenvalue weighted by Gasteiger charge is 2.02. The molecule has 1 aromatic rings. The van der Waals surface area contributed by atoms with Crippen molar-refractivity contribution in [1.82, 2.24) is 0 Å². The van der Waals surface area contributed by atoms with Crippen molar-refractivity contribution in [3.8, 4) is 0 Å². The number of carbonyl (C=O) groups excluding carboxylic acids is 1. The molecule has 0 spiro atoms. The van der Waals surface area contributed by atoms with Crippen LogP contribution in [-0.2, 0) is 11.2 Å². The Bertz CT molecular complexity index is 305. The summed E-state index contributed by atoms with van der Waals surface area (Å²) in [5.74, 6) is 0.170. The minimum atomic E-state index is 0.170. The smallest absolute Gasteiger partial charge is 0.134 e. The number of Topliss-reactive ketones (excluding diaryl/α,β-unsaturated/α-hetero) is 1. The topological polar surface area (TPSA) is 43.1 Å². The number of nitrogen functional groups attached to an aromatic ring is 1. The third-order valence-electron chi connectivity index (χ3n) is 1.93. The molecule has 0 aliphatic rings. The third kappa shape index (κ3) is 1.84. The Kier molecular flexibility index (Phi) is 2.48. The molecule has 0 aromatic heterocycles. The highest BCUT2D eigenvalue weighted by Crippen LogP contribution is 2.15. The maximum atomic E-state index is 10.8. The molecule has 0 radical (unpaired) electrons. The fourth-order valence-corrected chi connectivity index (χ4v) is 1.16. The number of hydrogen-bond donors (Lipinski definition) is 1. The maximum absolute atomic E-state index is 10.8. The van der Waals surface area contributed by atoms with Gasteiger partial charge in [0.1, 0.15) is 5.78 Å². The molecule has 0 fully saturated rings. The summed E-state index contributed by atoms with van der Waals surface area (Å²) < 4.78 is 0. The van der Waals surface area contributed by atoms with Crippen molar-refractivity contribution in [1.29, 1.82) is 0 Å².